The smallest absolute Gasteiger partial charge is 0.188 e. The number of nitrogens with two attached hydrogens (primary N) is 1. The number of oxime groups is 1. The largest absolute Gasteiger partial charge is 0.409 e. The molecule has 2 heterocycles. The number of hydrogen-bond acceptors (Lipinski definition) is 5. The van der Waals surface area contributed by atoms with Crippen LogP contribution in [-0.4, -0.2) is 41.8 Å². The van der Waals surface area contributed by atoms with E-state index in [2.05, 4.69) is 22.0 Å². The summed E-state index contributed by atoms with van der Waals surface area (Å²) >= 11 is 0. The SMILES string of the molecule is CCCOC1CCCN(c2ccc(/C(N)=N/O)nc2)C1. The Morgan fingerprint density at radius 2 is 2.45 bits per heavy atom. The summed E-state index contributed by atoms with van der Waals surface area (Å²) in [6, 6.07) is 3.71. The summed E-state index contributed by atoms with van der Waals surface area (Å²) in [5.41, 5.74) is 7.03. The molecule has 1 aromatic heterocycles. The molecule has 1 fully saturated rings. The lowest BCUT2D eigenvalue weighted by atomic mass is 10.1. The van der Waals surface area contributed by atoms with Crippen LogP contribution in [0.15, 0.2) is 23.5 Å². The molecule has 0 aliphatic carbocycles. The van der Waals surface area contributed by atoms with E-state index in [9.17, 15) is 0 Å². The molecule has 0 saturated carbocycles. The van der Waals surface area contributed by atoms with Crippen molar-refractivity contribution in [2.45, 2.75) is 32.3 Å². The van der Waals surface area contributed by atoms with E-state index in [-0.39, 0.29) is 5.84 Å². The van der Waals surface area contributed by atoms with Gasteiger partial charge in [0.15, 0.2) is 5.84 Å². The Bertz CT molecular complexity index is 447. The first-order valence-electron chi connectivity index (χ1n) is 7.05. The maximum Gasteiger partial charge on any atom is 0.188 e. The molecule has 0 spiro atoms. The van der Waals surface area contributed by atoms with Gasteiger partial charge in [-0.25, -0.2) is 0 Å². The van der Waals surface area contributed by atoms with Gasteiger partial charge >= 0.3 is 0 Å². The summed E-state index contributed by atoms with van der Waals surface area (Å²) < 4.78 is 5.83. The van der Waals surface area contributed by atoms with Crippen molar-refractivity contribution in [3.8, 4) is 0 Å². The first-order chi connectivity index (χ1) is 9.74. The molecule has 6 heteroatoms. The van der Waals surface area contributed by atoms with Crippen LogP contribution in [0, 0.1) is 0 Å². The molecular weight excluding hydrogens is 256 g/mol. The Kier molecular flexibility index (Phi) is 5.17. The van der Waals surface area contributed by atoms with Crippen molar-refractivity contribution in [1.29, 1.82) is 0 Å². The molecule has 3 N–H and O–H groups in total. The number of anilines is 1. The minimum Gasteiger partial charge on any atom is -0.409 e. The monoisotopic (exact) mass is 278 g/mol. The molecule has 1 aliphatic heterocycles. The van der Waals surface area contributed by atoms with Crippen molar-refractivity contribution in [3.63, 3.8) is 0 Å². The third-order valence-electron chi connectivity index (χ3n) is 3.42. The van der Waals surface area contributed by atoms with Crippen LogP contribution < -0.4 is 10.6 Å². The van der Waals surface area contributed by atoms with Gasteiger partial charge in [-0.3, -0.25) is 4.98 Å². The highest BCUT2D eigenvalue weighted by Crippen LogP contribution is 2.21. The lowest BCUT2D eigenvalue weighted by Gasteiger charge is -2.34. The second kappa shape index (κ2) is 7.09. The Balaban J connectivity index is 2.00. The van der Waals surface area contributed by atoms with E-state index in [1.807, 2.05) is 6.07 Å². The van der Waals surface area contributed by atoms with Gasteiger partial charge in [0.25, 0.3) is 0 Å². The van der Waals surface area contributed by atoms with Gasteiger partial charge in [-0.15, -0.1) is 0 Å². The van der Waals surface area contributed by atoms with Crippen molar-refractivity contribution in [1.82, 2.24) is 4.98 Å². The van der Waals surface area contributed by atoms with Crippen LogP contribution in [0.2, 0.25) is 0 Å². The molecule has 0 aromatic carbocycles. The summed E-state index contributed by atoms with van der Waals surface area (Å²) in [4.78, 5) is 6.48. The van der Waals surface area contributed by atoms with Gasteiger partial charge in [0, 0.05) is 19.7 Å². The highest BCUT2D eigenvalue weighted by atomic mass is 16.5. The number of piperidine rings is 1. The van der Waals surface area contributed by atoms with Crippen LogP contribution >= 0.6 is 0 Å². The van der Waals surface area contributed by atoms with Crippen LogP contribution in [0.25, 0.3) is 0 Å². The number of ether oxygens (including phenoxy) is 1. The maximum atomic E-state index is 8.62. The van der Waals surface area contributed by atoms with Crippen LogP contribution in [0.5, 0.6) is 0 Å². The number of amidine groups is 1. The summed E-state index contributed by atoms with van der Waals surface area (Å²) in [5.74, 6) is 0.0272. The van der Waals surface area contributed by atoms with Crippen molar-refractivity contribution >= 4 is 11.5 Å². The normalized spacial score (nSPS) is 20.1. The van der Waals surface area contributed by atoms with Crippen LogP contribution in [0.4, 0.5) is 5.69 Å². The number of rotatable bonds is 5. The van der Waals surface area contributed by atoms with Gasteiger partial charge in [0.05, 0.1) is 18.0 Å². The average Bonchev–Trinajstić information content (AvgIpc) is 2.52. The van der Waals surface area contributed by atoms with E-state index in [1.165, 1.54) is 0 Å². The van der Waals surface area contributed by atoms with Gasteiger partial charge in [0.1, 0.15) is 5.69 Å². The third-order valence-corrected chi connectivity index (χ3v) is 3.42. The molecule has 0 amide bonds. The Morgan fingerprint density at radius 1 is 1.60 bits per heavy atom. The van der Waals surface area contributed by atoms with E-state index in [4.69, 9.17) is 15.7 Å². The highest BCUT2D eigenvalue weighted by Gasteiger charge is 2.20. The first-order valence-corrected chi connectivity index (χ1v) is 7.05. The van der Waals surface area contributed by atoms with Crippen molar-refractivity contribution < 1.29 is 9.94 Å². The van der Waals surface area contributed by atoms with Crippen LogP contribution in [0.1, 0.15) is 31.9 Å². The van der Waals surface area contributed by atoms with E-state index < -0.39 is 0 Å². The van der Waals surface area contributed by atoms with Gasteiger partial charge < -0.3 is 20.6 Å². The van der Waals surface area contributed by atoms with Gasteiger partial charge in [0.2, 0.25) is 0 Å². The summed E-state index contributed by atoms with van der Waals surface area (Å²) in [7, 11) is 0. The molecule has 0 bridgehead atoms. The first kappa shape index (κ1) is 14.6. The lowest BCUT2D eigenvalue weighted by Crippen LogP contribution is -2.40. The molecular formula is C14H22N4O2. The molecule has 110 valence electrons. The van der Waals surface area contributed by atoms with Gasteiger partial charge in [-0.1, -0.05) is 12.1 Å². The Hall–Kier alpha value is -1.82. The average molecular weight is 278 g/mol. The molecule has 0 radical (unpaired) electrons. The second-order valence-electron chi connectivity index (χ2n) is 4.97. The fourth-order valence-corrected chi connectivity index (χ4v) is 2.37. The zero-order chi connectivity index (χ0) is 14.4. The molecule has 1 aromatic rings. The van der Waals surface area contributed by atoms with Gasteiger partial charge in [-0.2, -0.15) is 0 Å². The Morgan fingerprint density at radius 3 is 3.10 bits per heavy atom. The molecule has 1 aliphatic rings. The topological polar surface area (TPSA) is 84.0 Å². The Labute approximate surface area is 119 Å². The molecule has 2 rings (SSSR count). The van der Waals surface area contributed by atoms with E-state index >= 15 is 0 Å². The van der Waals surface area contributed by atoms with Crippen molar-refractivity contribution in [2.75, 3.05) is 24.6 Å². The molecule has 6 nitrogen and oxygen atoms in total. The molecule has 1 saturated heterocycles. The second-order valence-corrected chi connectivity index (χ2v) is 4.97. The molecule has 20 heavy (non-hydrogen) atoms. The van der Waals surface area contributed by atoms with E-state index in [0.717, 1.165) is 44.6 Å². The summed E-state index contributed by atoms with van der Waals surface area (Å²) in [5, 5.41) is 11.6. The fraction of sp³-hybridized carbons (Fsp3) is 0.571. The number of hydrogen-bond donors (Lipinski definition) is 2. The summed E-state index contributed by atoms with van der Waals surface area (Å²) in [6.45, 7) is 4.84. The van der Waals surface area contributed by atoms with Crippen molar-refractivity contribution in [3.05, 3.63) is 24.0 Å². The number of nitrogens with zero attached hydrogens (tertiary/aromatic N) is 3. The van der Waals surface area contributed by atoms with Gasteiger partial charge in [-0.05, 0) is 31.4 Å². The minimum atomic E-state index is 0.0272. The number of aromatic nitrogens is 1. The number of pyridine rings is 1. The van der Waals surface area contributed by atoms with E-state index in [1.54, 1.807) is 12.3 Å². The van der Waals surface area contributed by atoms with Crippen LogP contribution in [0.3, 0.4) is 0 Å². The van der Waals surface area contributed by atoms with E-state index in [0.29, 0.717) is 11.8 Å². The molecule has 1 atom stereocenters. The van der Waals surface area contributed by atoms with Crippen LogP contribution in [-0.2, 0) is 4.74 Å². The third kappa shape index (κ3) is 3.60. The lowest BCUT2D eigenvalue weighted by molar-refractivity contribution is 0.0440. The van der Waals surface area contributed by atoms with Crippen molar-refractivity contribution in [2.24, 2.45) is 10.9 Å². The fourth-order valence-electron chi connectivity index (χ4n) is 2.37. The minimum absolute atomic E-state index is 0.0272. The standard InChI is InChI=1S/C14H22N4O2/c1-2-8-20-12-4-3-7-18(10-12)11-5-6-13(16-9-11)14(15)17-19/h5-6,9,12,19H,2-4,7-8,10H2,1H3,(H2,15,17). The quantitative estimate of drug-likeness (QED) is 0.370. The zero-order valence-electron chi connectivity index (χ0n) is 11.8. The molecule has 1 unspecified atom stereocenters. The zero-order valence-corrected chi connectivity index (χ0v) is 11.8. The highest BCUT2D eigenvalue weighted by molar-refractivity contribution is 5.95. The summed E-state index contributed by atoms with van der Waals surface area (Å²) in [6.07, 6.45) is 5.34. The predicted octanol–water partition coefficient (Wildman–Crippen LogP) is 1.57. The predicted molar refractivity (Wildman–Crippen MR) is 78.2 cm³/mol. The maximum absolute atomic E-state index is 8.62.